The number of Topliss-reactive ketones (excluding diaryl/α,β-unsaturated/α-hetero) is 2. The van der Waals surface area contributed by atoms with Crippen LogP contribution in [0.2, 0.25) is 0 Å². The van der Waals surface area contributed by atoms with Crippen molar-refractivity contribution in [2.75, 3.05) is 40.4 Å². The van der Waals surface area contributed by atoms with E-state index in [1.165, 1.54) is 11.0 Å². The third kappa shape index (κ3) is 4.46. The summed E-state index contributed by atoms with van der Waals surface area (Å²) in [6.07, 6.45) is 0.271. The molecule has 6 rings (SSSR count). The molecule has 11 nitrogen and oxygen atoms in total. The number of carbonyl (C=O) groups is 3. The molecule has 2 aromatic rings. The van der Waals surface area contributed by atoms with Crippen LogP contribution in [-0.4, -0.2) is 99.7 Å². The Kier molecular flexibility index (Phi) is 7.16. The maximum atomic E-state index is 14.0. The lowest BCUT2D eigenvalue weighted by Gasteiger charge is -2.50. The number of nitrogens with two attached hydrogens (primary N) is 1. The molecule has 0 bridgehead atoms. The van der Waals surface area contributed by atoms with Gasteiger partial charge < -0.3 is 30.9 Å². The second-order valence-electron chi connectivity index (χ2n) is 12.0. The summed E-state index contributed by atoms with van der Waals surface area (Å²) in [6.45, 7) is 3.96. The van der Waals surface area contributed by atoms with Crippen molar-refractivity contribution >= 4 is 23.2 Å². The molecule has 2 fully saturated rings. The lowest BCUT2D eigenvalue weighted by Crippen LogP contribution is -2.65. The zero-order chi connectivity index (χ0) is 30.8. The van der Waals surface area contributed by atoms with Crippen LogP contribution < -0.4 is 5.73 Å². The lowest BCUT2D eigenvalue weighted by molar-refractivity contribution is -0.153. The van der Waals surface area contributed by atoms with Gasteiger partial charge in [-0.1, -0.05) is 30.3 Å². The minimum atomic E-state index is -2.66. The van der Waals surface area contributed by atoms with E-state index in [2.05, 4.69) is 4.90 Å². The zero-order valence-electron chi connectivity index (χ0n) is 24.0. The van der Waals surface area contributed by atoms with Crippen LogP contribution in [-0.2, 0) is 32.1 Å². The zero-order valence-corrected chi connectivity index (χ0v) is 24.0. The van der Waals surface area contributed by atoms with Gasteiger partial charge in [0.15, 0.2) is 11.4 Å². The molecule has 4 atom stereocenters. The van der Waals surface area contributed by atoms with Gasteiger partial charge in [0, 0.05) is 31.1 Å². The Morgan fingerprint density at radius 3 is 2.37 bits per heavy atom. The number of fused-ring (bicyclic) bond motifs is 3. The summed E-state index contributed by atoms with van der Waals surface area (Å²) in [5.74, 6) is -6.66. The highest BCUT2D eigenvalue weighted by molar-refractivity contribution is 6.24. The Morgan fingerprint density at radius 1 is 1.07 bits per heavy atom. The lowest BCUT2D eigenvalue weighted by atomic mass is 9.57. The molecular formula is C32H35N3O8. The van der Waals surface area contributed by atoms with E-state index in [0.717, 1.165) is 36.3 Å². The van der Waals surface area contributed by atoms with E-state index in [9.17, 15) is 34.8 Å². The number of aliphatic hydroxyl groups is 3. The van der Waals surface area contributed by atoms with E-state index < -0.39 is 58.0 Å². The summed E-state index contributed by atoms with van der Waals surface area (Å²) < 4.78 is 5.43. The van der Waals surface area contributed by atoms with Crippen molar-refractivity contribution in [3.63, 3.8) is 0 Å². The number of benzene rings is 2. The standard InChI is InChI=1S/C32H35N3O8/c1-34(2)26-21-14-18-13-20-19(17-5-3-16(4-6-17)15-35-9-11-43-12-10-35)7-8-22(36)24(20)27(37)23(18)29(39)32(21,42)30(40)25(28(26)38)31(33)41/h3-8,18,21,26,36-37,40,42H,9-15H2,1-2H3,(H2,33,41)/t18-,21-,26-,32-/m0/s1. The van der Waals surface area contributed by atoms with E-state index in [1.54, 1.807) is 20.2 Å². The molecule has 43 heavy (non-hydrogen) atoms. The highest BCUT2D eigenvalue weighted by Crippen LogP contribution is 2.53. The van der Waals surface area contributed by atoms with Gasteiger partial charge >= 0.3 is 0 Å². The molecule has 0 aromatic heterocycles. The fourth-order valence-corrected chi connectivity index (χ4v) is 7.32. The largest absolute Gasteiger partial charge is 0.508 e. The molecule has 0 radical (unpaired) electrons. The highest BCUT2D eigenvalue weighted by atomic mass is 16.5. The molecule has 1 amide bonds. The predicted octanol–water partition coefficient (Wildman–Crippen LogP) is 1.46. The summed E-state index contributed by atoms with van der Waals surface area (Å²) >= 11 is 0. The molecule has 1 heterocycles. The SMILES string of the molecule is CN(C)[C@@H]1C(=O)C(C(N)=O)=C(O)[C@@]2(O)C(=O)C3=C(O)c4c(O)ccc(-c5ccc(CN6CCOCC6)cc5)c4C[C@H]3C[C@@H]12. The van der Waals surface area contributed by atoms with Crippen molar-refractivity contribution in [1.29, 1.82) is 0 Å². The van der Waals surface area contributed by atoms with E-state index in [0.29, 0.717) is 18.8 Å². The number of aliphatic hydroxyl groups excluding tert-OH is 2. The third-order valence-corrected chi connectivity index (χ3v) is 9.38. The summed E-state index contributed by atoms with van der Waals surface area (Å²) in [4.78, 5) is 43.3. The number of ether oxygens (including phenoxy) is 1. The highest BCUT2D eigenvalue weighted by Gasteiger charge is 2.64. The van der Waals surface area contributed by atoms with Crippen LogP contribution in [0.1, 0.15) is 23.1 Å². The van der Waals surface area contributed by atoms with Gasteiger partial charge in [-0.05, 0) is 61.2 Å². The van der Waals surface area contributed by atoms with Crippen molar-refractivity contribution in [3.8, 4) is 16.9 Å². The number of ketones is 2. The first-order valence-corrected chi connectivity index (χ1v) is 14.3. The Hall–Kier alpha value is -4.03. The minimum Gasteiger partial charge on any atom is -0.508 e. The Balaban J connectivity index is 1.42. The maximum Gasteiger partial charge on any atom is 0.255 e. The fourth-order valence-electron chi connectivity index (χ4n) is 7.32. The number of phenols is 1. The summed E-state index contributed by atoms with van der Waals surface area (Å²) in [5.41, 5.74) is 5.21. The number of likely N-dealkylation sites (N-methyl/N-ethyl adjacent to an activating group) is 1. The average Bonchev–Trinajstić information content (AvgIpc) is 2.96. The van der Waals surface area contributed by atoms with Crippen molar-refractivity contribution < 1.29 is 39.5 Å². The number of aromatic hydroxyl groups is 1. The first kappa shape index (κ1) is 29.1. The number of rotatable bonds is 5. The topological polar surface area (TPSA) is 174 Å². The van der Waals surface area contributed by atoms with Crippen LogP contribution in [0.4, 0.5) is 0 Å². The molecule has 1 saturated carbocycles. The maximum absolute atomic E-state index is 14.0. The van der Waals surface area contributed by atoms with E-state index in [1.807, 2.05) is 24.3 Å². The second-order valence-corrected chi connectivity index (χ2v) is 12.0. The van der Waals surface area contributed by atoms with Crippen molar-refractivity contribution in [2.24, 2.45) is 17.6 Å². The van der Waals surface area contributed by atoms with Crippen LogP contribution in [0.15, 0.2) is 53.3 Å². The van der Waals surface area contributed by atoms with Crippen LogP contribution in [0.5, 0.6) is 5.75 Å². The molecule has 2 aromatic carbocycles. The normalized spacial score (nSPS) is 27.7. The van der Waals surface area contributed by atoms with E-state index >= 15 is 0 Å². The molecule has 1 saturated heterocycles. The Morgan fingerprint density at radius 2 is 1.74 bits per heavy atom. The predicted molar refractivity (Wildman–Crippen MR) is 156 cm³/mol. The molecular weight excluding hydrogens is 554 g/mol. The molecule has 1 aliphatic heterocycles. The van der Waals surface area contributed by atoms with Crippen molar-refractivity contribution in [2.45, 2.75) is 31.0 Å². The number of carbonyl (C=O) groups excluding carboxylic acids is 3. The monoisotopic (exact) mass is 589 g/mol. The van der Waals surface area contributed by atoms with Gasteiger partial charge in [0.2, 0.25) is 5.78 Å². The summed E-state index contributed by atoms with van der Waals surface area (Å²) in [7, 11) is 3.15. The first-order chi connectivity index (χ1) is 20.4. The molecule has 3 aliphatic carbocycles. The van der Waals surface area contributed by atoms with Crippen LogP contribution in [0.25, 0.3) is 16.9 Å². The van der Waals surface area contributed by atoms with Gasteiger partial charge in [0.25, 0.3) is 5.91 Å². The molecule has 4 aliphatic rings. The van der Waals surface area contributed by atoms with Gasteiger partial charge in [-0.25, -0.2) is 0 Å². The number of hydrogen-bond acceptors (Lipinski definition) is 10. The summed E-state index contributed by atoms with van der Waals surface area (Å²) in [5, 5.41) is 45.1. The van der Waals surface area contributed by atoms with Gasteiger partial charge in [-0.3, -0.25) is 24.2 Å². The van der Waals surface area contributed by atoms with Gasteiger partial charge in [0.1, 0.15) is 22.8 Å². The van der Waals surface area contributed by atoms with Gasteiger partial charge in [-0.15, -0.1) is 0 Å². The average molecular weight is 590 g/mol. The number of nitrogens with zero attached hydrogens (tertiary/aromatic N) is 2. The van der Waals surface area contributed by atoms with Gasteiger partial charge in [0.05, 0.1) is 24.8 Å². The third-order valence-electron chi connectivity index (χ3n) is 9.38. The molecule has 6 N–H and O–H groups in total. The molecule has 11 heteroatoms. The van der Waals surface area contributed by atoms with Crippen molar-refractivity contribution in [3.05, 3.63) is 70.0 Å². The molecule has 0 unspecified atom stereocenters. The van der Waals surface area contributed by atoms with Gasteiger partial charge in [-0.2, -0.15) is 0 Å². The van der Waals surface area contributed by atoms with E-state index in [4.69, 9.17) is 10.5 Å². The number of amides is 1. The number of morpholine rings is 1. The number of hydrogen-bond donors (Lipinski definition) is 5. The first-order valence-electron chi connectivity index (χ1n) is 14.3. The Bertz CT molecular complexity index is 1590. The second kappa shape index (κ2) is 10.6. The number of phenolic OH excluding ortho intramolecular Hbond substituents is 1. The van der Waals surface area contributed by atoms with Crippen LogP contribution >= 0.6 is 0 Å². The van der Waals surface area contributed by atoms with Crippen molar-refractivity contribution in [1.82, 2.24) is 9.80 Å². The smallest absolute Gasteiger partial charge is 0.255 e. The molecule has 226 valence electrons. The molecule has 0 spiro atoms. The quantitative estimate of drug-likeness (QED) is 0.321. The summed E-state index contributed by atoms with van der Waals surface area (Å²) in [6, 6.07) is 10.1. The number of primary amides is 1. The Labute approximate surface area is 248 Å². The minimum absolute atomic E-state index is 0.0410. The van der Waals surface area contributed by atoms with Crippen LogP contribution in [0.3, 0.4) is 0 Å². The fraction of sp³-hybridized carbons (Fsp3) is 0.406. The van der Waals surface area contributed by atoms with E-state index in [-0.39, 0.29) is 29.7 Å². The van der Waals surface area contributed by atoms with Crippen LogP contribution in [0, 0.1) is 11.8 Å².